The Labute approximate surface area is 587 Å². The van der Waals surface area contributed by atoms with E-state index in [1.807, 2.05) is 126 Å². The number of carbonyl (C=O) groups is 4. The molecule has 1 fully saturated rings. The molecule has 5 heterocycles. The molecule has 0 unspecified atom stereocenters. The predicted molar refractivity (Wildman–Crippen MR) is 387 cm³/mol. The van der Waals surface area contributed by atoms with E-state index in [1.54, 1.807) is 54.6 Å². The number of amides is 1. The average molecular weight is 1460 g/mol. The molecule has 0 radical (unpaired) electrons. The van der Waals surface area contributed by atoms with Gasteiger partial charge in [0, 0.05) is 142 Å². The van der Waals surface area contributed by atoms with E-state index in [0.29, 0.717) is 0 Å². The first-order valence-corrected chi connectivity index (χ1v) is 38.4. The number of nitrogens with one attached hydrogen (secondary N) is 5. The lowest BCUT2D eigenvalue weighted by atomic mass is 9.81. The number of nitrogens with zero attached hydrogens (tertiary/aromatic N) is 4. The number of rotatable bonds is 26. The van der Waals surface area contributed by atoms with Crippen molar-refractivity contribution in [1.29, 1.82) is 0 Å². The Bertz CT molecular complexity index is 4590. The monoisotopic (exact) mass is 1450 g/mol. The molecule has 540 valence electrons. The summed E-state index contributed by atoms with van der Waals surface area (Å²) in [5.41, 5.74) is 26.0. The van der Waals surface area contributed by atoms with Crippen LogP contribution in [-0.2, 0) is 85.7 Å². The van der Waals surface area contributed by atoms with E-state index in [-0.39, 0.29) is 97.6 Å². The first-order chi connectivity index (χ1) is 46.7. The number of esters is 2. The number of anilines is 2. The lowest BCUT2D eigenvalue weighted by molar-refractivity contribution is -0.401. The molecule has 0 bridgehead atoms. The minimum Gasteiger partial charge on any atom is -0.481 e. The van der Waals surface area contributed by atoms with Crippen LogP contribution >= 0.6 is 0 Å². The van der Waals surface area contributed by atoms with Crippen molar-refractivity contribution in [1.82, 2.24) is 24.2 Å². The van der Waals surface area contributed by atoms with Crippen LogP contribution in [0.1, 0.15) is 103 Å². The maximum Gasteiger partial charge on any atom is 0.314 e. The van der Waals surface area contributed by atoms with Gasteiger partial charge in [0.25, 0.3) is 0 Å². The number of allylic oxidation sites excluding steroid dienone is 12. The Balaban J connectivity index is 0.000000257. The molecular formula is C70H94N12O14S4+2. The molecule has 4 aromatic rings. The van der Waals surface area contributed by atoms with Crippen LogP contribution in [0.3, 0.4) is 0 Å². The highest BCUT2D eigenvalue weighted by Crippen LogP contribution is 2.49. The number of hydrogen-bond donors (Lipinski definition) is 9. The molecule has 12 N–H and O–H groups in total. The second kappa shape index (κ2) is 31.8. The van der Waals surface area contributed by atoms with Crippen LogP contribution in [0.5, 0.6) is 0 Å². The molecule has 0 aromatic heterocycles. The van der Waals surface area contributed by atoms with Gasteiger partial charge < -0.3 is 42.2 Å². The molecule has 5 aliphatic rings. The van der Waals surface area contributed by atoms with Crippen LogP contribution in [0.2, 0.25) is 0 Å². The Hall–Kier alpha value is -8.14. The fraction of sp³-hybridized carbons (Fsp3) is 0.400. The third-order valence-electron chi connectivity index (χ3n) is 18.1. The second-order valence-corrected chi connectivity index (χ2v) is 33.4. The zero-order valence-electron chi connectivity index (χ0n) is 58.6. The van der Waals surface area contributed by atoms with E-state index in [9.17, 15) is 52.8 Å². The van der Waals surface area contributed by atoms with Gasteiger partial charge in [-0.05, 0) is 112 Å². The van der Waals surface area contributed by atoms with Crippen LogP contribution in [0.25, 0.3) is 0 Å². The smallest absolute Gasteiger partial charge is 0.314 e. The minimum absolute atomic E-state index is 0.0308. The van der Waals surface area contributed by atoms with E-state index >= 15 is 0 Å². The topological polar surface area (TPSA) is 385 Å². The Kier molecular flexibility index (Phi) is 25.2. The van der Waals surface area contributed by atoms with Gasteiger partial charge in [-0.1, -0.05) is 64.2 Å². The number of cyclic esters (lactones) is 2. The molecule has 9 rings (SSSR count). The van der Waals surface area contributed by atoms with Crippen molar-refractivity contribution in [2.24, 2.45) is 17.2 Å². The van der Waals surface area contributed by atoms with Gasteiger partial charge in [0.15, 0.2) is 11.4 Å². The van der Waals surface area contributed by atoms with Crippen LogP contribution in [0.15, 0.2) is 165 Å². The summed E-state index contributed by atoms with van der Waals surface area (Å²) in [6.07, 6.45) is 19.9. The van der Waals surface area contributed by atoms with Gasteiger partial charge in [0.2, 0.25) is 57.4 Å². The molecular weight excluding hydrogens is 1360 g/mol. The van der Waals surface area contributed by atoms with E-state index < -0.39 is 85.6 Å². The summed E-state index contributed by atoms with van der Waals surface area (Å²) in [4.78, 5) is 47.2. The molecule has 1 amide bonds. The molecule has 30 heteroatoms. The Morgan fingerprint density at radius 2 is 0.830 bits per heavy atom. The number of likely N-dealkylation sites (N-methyl/N-ethyl adjacent to an activating group) is 2. The Morgan fingerprint density at radius 3 is 1.16 bits per heavy atom. The zero-order chi connectivity index (χ0) is 74.1. The summed E-state index contributed by atoms with van der Waals surface area (Å²) in [5, 5.41) is 11.2. The maximum absolute atomic E-state index is 13.1. The van der Waals surface area contributed by atoms with Gasteiger partial charge in [-0.15, -0.1) is 0 Å². The number of benzene rings is 4. The lowest BCUT2D eigenvalue weighted by Gasteiger charge is -2.23. The summed E-state index contributed by atoms with van der Waals surface area (Å²) in [6, 6.07) is 20.6. The number of carbonyl (C=O) groups excluding carboxylic acids is 3. The maximum atomic E-state index is 13.1. The van der Waals surface area contributed by atoms with Gasteiger partial charge >= 0.3 is 17.9 Å². The highest BCUT2D eigenvalue weighted by atomic mass is 32.2. The second-order valence-electron chi connectivity index (χ2n) is 26.4. The average Bonchev–Trinajstić information content (AvgIpc) is 1.61. The molecule has 0 saturated carbocycles. The first-order valence-electron chi connectivity index (χ1n) is 32.4. The minimum atomic E-state index is -3.87. The summed E-state index contributed by atoms with van der Waals surface area (Å²) in [7, 11) is -6.98. The number of carboxylic acids is 1. The van der Waals surface area contributed by atoms with E-state index in [2.05, 4.69) is 84.5 Å². The third-order valence-corrected chi connectivity index (χ3v) is 23.9. The Morgan fingerprint density at radius 1 is 0.490 bits per heavy atom. The highest BCUT2D eigenvalue weighted by Gasteiger charge is 2.46. The van der Waals surface area contributed by atoms with Crippen molar-refractivity contribution in [3.05, 3.63) is 167 Å². The zero-order valence-corrected chi connectivity index (χ0v) is 61.9. The normalized spacial score (nSPS) is 18.3. The number of nitrogens with two attached hydrogens (primary N) is 3. The number of sulfonamides is 4. The van der Waals surface area contributed by atoms with Crippen LogP contribution in [0, 0.1) is 0 Å². The molecule has 0 aliphatic carbocycles. The number of hydrogen-bond acceptors (Lipinski definition) is 18. The van der Waals surface area contributed by atoms with Crippen LogP contribution < -0.4 is 51.2 Å². The van der Waals surface area contributed by atoms with Crippen molar-refractivity contribution < 1.29 is 71.8 Å². The largest absolute Gasteiger partial charge is 0.481 e. The number of ether oxygens (including phenoxy) is 1. The van der Waals surface area contributed by atoms with Gasteiger partial charge in [0.1, 0.15) is 14.1 Å². The molecule has 0 spiro atoms. The molecule has 4 aromatic carbocycles. The van der Waals surface area contributed by atoms with Gasteiger partial charge in [-0.3, -0.25) is 19.2 Å². The molecule has 26 nitrogen and oxygen atoms in total. The third kappa shape index (κ3) is 17.6. The standard InChI is InChI=1S/C35H46N6O7S2.C31H43N6O4S2.C4H4O3/c1-34(2)26-22-24(49(45,46)38-19-18-36)12-14-28(26)40(5)30(34)10-8-7-9-11-31-35(3,4)27-23-25(13-15-29(27)41(31)6)50(47,48)39-21-20-37-32(42)16-17-33(43)44;1-30(2)24-20-22(42(38,39)34-18-16-32)12-14-26(24)36(5)28(30)10-8-7-9-11-29-31(3,4)25-21-23(13-15-27(25)37(29)6)43(40,41)35-19-17-33;5-3-1-2-4(6)7-3/h7-15,22-23,38-39H,16-21,36H2,1-6H3,(H-,37,42,43,44);7-15,20-21,34-35H,16-19,32-33H2,1-6H3;1-2H2/q;+1;/p+1. The molecule has 5 aliphatic heterocycles. The number of aliphatic carboxylic acids is 1. The fourth-order valence-corrected chi connectivity index (χ4v) is 17.0. The highest BCUT2D eigenvalue weighted by molar-refractivity contribution is 7.90. The summed E-state index contributed by atoms with van der Waals surface area (Å²) in [5.74, 6) is -2.34. The van der Waals surface area contributed by atoms with E-state index in [1.165, 1.54) is 0 Å². The van der Waals surface area contributed by atoms with Crippen LogP contribution in [0.4, 0.5) is 22.7 Å². The molecule has 100 heavy (non-hydrogen) atoms. The van der Waals surface area contributed by atoms with Crippen molar-refractivity contribution in [3.8, 4) is 0 Å². The van der Waals surface area contributed by atoms with Gasteiger partial charge in [0.05, 0.1) is 49.7 Å². The quantitative estimate of drug-likeness (QED) is 0.0130. The first kappa shape index (κ1) is 79.2. The summed E-state index contributed by atoms with van der Waals surface area (Å²) in [6.45, 7) is 17.7. The fourth-order valence-electron chi connectivity index (χ4n) is 12.7. The van der Waals surface area contributed by atoms with Crippen LogP contribution in [-0.4, -0.2) is 164 Å². The van der Waals surface area contributed by atoms with Crippen molar-refractivity contribution >= 4 is 98.1 Å². The number of carboxylic acid groups (broad SMARTS) is 1. The lowest BCUT2D eigenvalue weighted by Crippen LogP contribution is -2.34. The van der Waals surface area contributed by atoms with Gasteiger partial charge in [-0.25, -0.2) is 52.6 Å². The van der Waals surface area contributed by atoms with Crippen molar-refractivity contribution in [3.63, 3.8) is 0 Å². The van der Waals surface area contributed by atoms with Crippen molar-refractivity contribution in [2.75, 3.05) is 90.3 Å². The number of fused-ring (bicyclic) bond motifs is 4. The van der Waals surface area contributed by atoms with Gasteiger partial charge in [-0.2, -0.15) is 9.15 Å². The predicted octanol–water partition coefficient (Wildman–Crippen LogP) is 5.05. The van der Waals surface area contributed by atoms with Crippen molar-refractivity contribution in [2.45, 2.75) is 122 Å². The molecule has 0 atom stereocenters. The molecule has 1 saturated heterocycles. The SMILES string of the molecule is CN1C(=CC=CC=CC2=[N+](C)c3ccc(S(=O)(=O)NCCN)cc3C2(C)C)C(C)(C)c2cc(S(=O)(=O)NCCN)ccc21.CN1\C(=C/C=C/C=C/C2=[N+](C)c3ccc(S(=O)(=O)NCCN)cc3C2(C)C)C(C)(C)c2cc(S(=O)(=O)NCCNC(=O)CCC(=O)O)ccc21.O=C1CCC(=O)O1. The summed E-state index contributed by atoms with van der Waals surface area (Å²) >= 11 is 0. The van der Waals surface area contributed by atoms with E-state index in [4.69, 9.17) is 22.3 Å². The summed E-state index contributed by atoms with van der Waals surface area (Å²) < 4.78 is 121. The van der Waals surface area contributed by atoms with E-state index in [0.717, 1.165) is 67.8 Å².